The zero-order chi connectivity index (χ0) is 15.5. The number of hydrogen-bond donors (Lipinski definition) is 0. The molecule has 122 valence electrons. The summed E-state index contributed by atoms with van der Waals surface area (Å²) in [7, 11) is 0. The third-order valence-corrected chi connectivity index (χ3v) is 3.06. The van der Waals surface area contributed by atoms with Gasteiger partial charge in [0.25, 0.3) is 0 Å². The third-order valence-electron chi connectivity index (χ3n) is 3.06. The topological polar surface area (TPSA) is 0 Å². The predicted molar refractivity (Wildman–Crippen MR) is 95.1 cm³/mol. The van der Waals surface area contributed by atoms with Crippen LogP contribution in [-0.2, 0) is 34.1 Å². The largest absolute Gasteiger partial charge is 2.00 e. The predicted octanol–water partition coefficient (Wildman–Crippen LogP) is 5.58. The summed E-state index contributed by atoms with van der Waals surface area (Å²) < 4.78 is 0. The van der Waals surface area contributed by atoms with Crippen molar-refractivity contribution >= 4 is 0 Å². The summed E-state index contributed by atoms with van der Waals surface area (Å²) in [5, 5.41) is 0. The Labute approximate surface area is 165 Å². The molecule has 4 rings (SSSR count). The molecule has 0 saturated carbocycles. The van der Waals surface area contributed by atoms with Crippen LogP contribution in [0.3, 0.4) is 0 Å². The van der Waals surface area contributed by atoms with E-state index in [2.05, 4.69) is 18.1 Å². The van der Waals surface area contributed by atoms with Crippen molar-refractivity contribution in [3.63, 3.8) is 0 Å². The summed E-state index contributed by atoms with van der Waals surface area (Å²) in [6.07, 6.45) is 5.35. The van der Waals surface area contributed by atoms with Gasteiger partial charge in [-0.2, -0.15) is 102 Å². The van der Waals surface area contributed by atoms with Crippen LogP contribution in [0.2, 0.25) is 0 Å². The number of hydrogen-bond acceptors (Lipinski definition) is 0. The van der Waals surface area contributed by atoms with Crippen molar-refractivity contribution in [2.24, 2.45) is 0 Å². The SMILES string of the molecule is C#Cc1ccc[c-]1-[c-]1cccc1.[Fe+2].[Fe+2].c1cc[cH-]c1.c1cc[cH-]c1. The first-order valence-corrected chi connectivity index (χ1v) is 7.19. The molecule has 0 aliphatic carbocycles. The summed E-state index contributed by atoms with van der Waals surface area (Å²) in [5.41, 5.74) is 3.33. The van der Waals surface area contributed by atoms with Crippen LogP contribution in [0.1, 0.15) is 5.56 Å². The molecule has 0 aromatic heterocycles. The normalized spacial score (nSPS) is 8.12. The Morgan fingerprint density at radius 1 is 0.708 bits per heavy atom. The first-order chi connectivity index (χ1) is 10.9. The second-order valence-electron chi connectivity index (χ2n) is 4.60. The molecular weight excluding hydrogens is 376 g/mol. The van der Waals surface area contributed by atoms with Gasteiger partial charge in [-0.15, -0.1) is 5.56 Å². The van der Waals surface area contributed by atoms with E-state index in [0.717, 1.165) is 11.1 Å². The van der Waals surface area contributed by atoms with E-state index in [1.54, 1.807) is 0 Å². The van der Waals surface area contributed by atoms with Crippen LogP contribution >= 0.6 is 0 Å². The maximum atomic E-state index is 5.35. The molecule has 0 amide bonds. The van der Waals surface area contributed by atoms with Crippen molar-refractivity contribution in [1.82, 2.24) is 0 Å². The van der Waals surface area contributed by atoms with E-state index in [1.807, 2.05) is 91.0 Å². The van der Waals surface area contributed by atoms with Crippen molar-refractivity contribution in [2.45, 2.75) is 0 Å². The van der Waals surface area contributed by atoms with E-state index < -0.39 is 0 Å². The molecule has 2 heteroatoms. The molecule has 0 saturated heterocycles. The van der Waals surface area contributed by atoms with E-state index in [0.29, 0.717) is 0 Å². The first kappa shape index (κ1) is 22.0. The van der Waals surface area contributed by atoms with Gasteiger partial charge >= 0.3 is 34.1 Å². The molecule has 0 aliphatic rings. The van der Waals surface area contributed by atoms with Gasteiger partial charge in [-0.05, 0) is 0 Å². The maximum absolute atomic E-state index is 5.35. The van der Waals surface area contributed by atoms with Crippen LogP contribution in [0, 0.1) is 12.3 Å². The van der Waals surface area contributed by atoms with Gasteiger partial charge in [0.15, 0.2) is 0 Å². The van der Waals surface area contributed by atoms with Crippen molar-refractivity contribution in [3.8, 4) is 23.5 Å². The molecule has 4 aromatic carbocycles. The number of rotatable bonds is 1. The molecule has 0 heterocycles. The summed E-state index contributed by atoms with van der Waals surface area (Å²) in [6, 6.07) is 34.2. The number of terminal acetylenes is 1. The molecular formula is C22H18Fe2. The zero-order valence-corrected chi connectivity index (χ0v) is 15.3. The molecule has 0 unspecified atom stereocenters. The van der Waals surface area contributed by atoms with Gasteiger partial charge in [-0.25, -0.2) is 24.3 Å². The molecule has 0 spiro atoms. The van der Waals surface area contributed by atoms with Crippen molar-refractivity contribution in [2.75, 3.05) is 0 Å². The van der Waals surface area contributed by atoms with Crippen molar-refractivity contribution < 1.29 is 34.1 Å². The Balaban J connectivity index is 0.000000370. The second kappa shape index (κ2) is 13.4. The Hall–Kier alpha value is -2.00. The second-order valence-corrected chi connectivity index (χ2v) is 4.60. The molecule has 0 aliphatic heterocycles. The van der Waals surface area contributed by atoms with Crippen LogP contribution in [-0.4, -0.2) is 0 Å². The van der Waals surface area contributed by atoms with E-state index in [-0.39, 0.29) is 34.1 Å². The molecule has 4 aromatic rings. The fraction of sp³-hybridized carbons (Fsp3) is 0. The van der Waals surface area contributed by atoms with Crippen molar-refractivity contribution in [1.29, 1.82) is 0 Å². The van der Waals surface area contributed by atoms with Gasteiger partial charge in [-0.3, -0.25) is 0 Å². The molecule has 0 bridgehead atoms. The van der Waals surface area contributed by atoms with E-state index >= 15 is 0 Å². The van der Waals surface area contributed by atoms with Gasteiger partial charge < -0.3 is 0 Å². The third kappa shape index (κ3) is 7.51. The Morgan fingerprint density at radius 3 is 1.58 bits per heavy atom. The van der Waals surface area contributed by atoms with Crippen LogP contribution in [0.4, 0.5) is 0 Å². The quantitative estimate of drug-likeness (QED) is 0.225. The van der Waals surface area contributed by atoms with Gasteiger partial charge in [0.05, 0.1) is 0 Å². The Bertz CT molecular complexity index is 673. The van der Waals surface area contributed by atoms with Crippen LogP contribution in [0.5, 0.6) is 0 Å². The average molecular weight is 394 g/mol. The molecule has 24 heavy (non-hydrogen) atoms. The Morgan fingerprint density at radius 2 is 1.21 bits per heavy atom. The maximum Gasteiger partial charge on any atom is 2.00 e. The average Bonchev–Trinajstić information content (AvgIpc) is 3.41. The molecule has 0 fully saturated rings. The van der Waals surface area contributed by atoms with Crippen molar-refractivity contribution in [3.05, 3.63) is 109 Å². The molecule has 0 radical (unpaired) electrons. The fourth-order valence-electron chi connectivity index (χ4n) is 1.99. The fourth-order valence-corrected chi connectivity index (χ4v) is 1.99. The molecule has 0 nitrogen and oxygen atoms in total. The van der Waals surface area contributed by atoms with Crippen LogP contribution < -0.4 is 0 Å². The summed E-state index contributed by atoms with van der Waals surface area (Å²) >= 11 is 0. The van der Waals surface area contributed by atoms with Gasteiger partial charge in [0.2, 0.25) is 0 Å². The minimum absolute atomic E-state index is 0. The molecule has 0 N–H and O–H groups in total. The first-order valence-electron chi connectivity index (χ1n) is 7.19. The summed E-state index contributed by atoms with van der Waals surface area (Å²) in [5.74, 6) is 2.66. The van der Waals surface area contributed by atoms with Crippen LogP contribution in [0.15, 0.2) is 103 Å². The van der Waals surface area contributed by atoms with Gasteiger partial charge in [0, 0.05) is 0 Å². The molecule has 0 atom stereocenters. The van der Waals surface area contributed by atoms with E-state index in [1.165, 1.54) is 5.56 Å². The summed E-state index contributed by atoms with van der Waals surface area (Å²) in [4.78, 5) is 0. The van der Waals surface area contributed by atoms with E-state index in [4.69, 9.17) is 6.42 Å². The standard InChI is InChI=1S/C12H8.2C5H5.2Fe/c1-2-10-8-5-9-12(10)11-6-3-4-7-11;2*1-2-4-5-3-1;;/h1,3-9H;2*1-5H;;/q-2;2*-1;2*+2. The minimum atomic E-state index is 0. The van der Waals surface area contributed by atoms with E-state index in [9.17, 15) is 0 Å². The van der Waals surface area contributed by atoms with Gasteiger partial charge in [0.1, 0.15) is 0 Å². The monoisotopic (exact) mass is 394 g/mol. The summed E-state index contributed by atoms with van der Waals surface area (Å²) in [6.45, 7) is 0. The minimum Gasteiger partial charge on any atom is -0.214 e. The zero-order valence-electron chi connectivity index (χ0n) is 13.1. The smallest absolute Gasteiger partial charge is 0.214 e. The van der Waals surface area contributed by atoms with Crippen LogP contribution in [0.25, 0.3) is 11.1 Å². The van der Waals surface area contributed by atoms with Gasteiger partial charge in [-0.1, -0.05) is 0 Å². The Kier molecular flexibility index (Phi) is 12.3.